The zero-order valence-corrected chi connectivity index (χ0v) is 11.1. The van der Waals surface area contributed by atoms with Crippen molar-refractivity contribution >= 4 is 29.0 Å². The van der Waals surface area contributed by atoms with Crippen molar-refractivity contribution in [3.8, 4) is 11.3 Å². The van der Waals surface area contributed by atoms with Gasteiger partial charge in [0.15, 0.2) is 0 Å². The summed E-state index contributed by atoms with van der Waals surface area (Å²) in [7, 11) is 0. The van der Waals surface area contributed by atoms with E-state index in [-0.39, 0.29) is 0 Å². The van der Waals surface area contributed by atoms with Gasteiger partial charge in [-0.25, -0.2) is 9.97 Å². The van der Waals surface area contributed by atoms with Crippen molar-refractivity contribution in [2.45, 2.75) is 6.92 Å². The number of fused-ring (bicyclic) bond motifs is 1. The Kier molecular flexibility index (Phi) is 2.73. The summed E-state index contributed by atoms with van der Waals surface area (Å²) < 4.78 is 1.79. The maximum absolute atomic E-state index is 6.19. The van der Waals surface area contributed by atoms with Crippen LogP contribution < -0.4 is 0 Å². The van der Waals surface area contributed by atoms with Gasteiger partial charge < -0.3 is 0 Å². The molecular weight excluding hydrogens is 269 g/mol. The van der Waals surface area contributed by atoms with Gasteiger partial charge in [0.05, 0.1) is 21.9 Å². The summed E-state index contributed by atoms with van der Waals surface area (Å²) in [5, 5.41) is 1.25. The monoisotopic (exact) mass is 277 g/mol. The highest BCUT2D eigenvalue weighted by Gasteiger charge is 2.09. The molecule has 0 aliphatic carbocycles. The van der Waals surface area contributed by atoms with Gasteiger partial charge in [0.1, 0.15) is 0 Å². The summed E-state index contributed by atoms with van der Waals surface area (Å²) in [6, 6.07) is 5.85. The maximum Gasteiger partial charge on any atom is 0.234 e. The molecule has 5 heteroatoms. The fraction of sp³-hybridized carbons (Fsp3) is 0.0769. The number of hydrogen-bond donors (Lipinski definition) is 0. The van der Waals surface area contributed by atoms with Crippen LogP contribution in [-0.4, -0.2) is 14.4 Å². The topological polar surface area (TPSA) is 30.2 Å². The molecule has 0 aliphatic heterocycles. The number of imidazole rings is 1. The van der Waals surface area contributed by atoms with Crippen LogP contribution in [-0.2, 0) is 0 Å². The highest BCUT2D eigenvalue weighted by atomic mass is 35.5. The third kappa shape index (κ3) is 1.96. The van der Waals surface area contributed by atoms with Gasteiger partial charge in [-0.3, -0.25) is 4.40 Å². The summed E-state index contributed by atoms with van der Waals surface area (Å²) in [4.78, 5) is 8.59. The Morgan fingerprint density at radius 1 is 1.17 bits per heavy atom. The van der Waals surface area contributed by atoms with Gasteiger partial charge >= 0.3 is 0 Å². The van der Waals surface area contributed by atoms with E-state index < -0.39 is 0 Å². The maximum atomic E-state index is 6.19. The van der Waals surface area contributed by atoms with Crippen LogP contribution >= 0.6 is 23.2 Å². The lowest BCUT2D eigenvalue weighted by Crippen LogP contribution is -1.85. The van der Waals surface area contributed by atoms with E-state index >= 15 is 0 Å². The number of aryl methyl sites for hydroxylation is 1. The van der Waals surface area contributed by atoms with Crippen LogP contribution in [0, 0.1) is 6.92 Å². The smallest absolute Gasteiger partial charge is 0.234 e. The molecule has 0 fully saturated rings. The first-order chi connectivity index (χ1) is 8.63. The Bertz CT molecular complexity index is 734. The molecule has 0 amide bonds. The Morgan fingerprint density at radius 3 is 2.83 bits per heavy atom. The van der Waals surface area contributed by atoms with E-state index in [0.29, 0.717) is 15.8 Å². The molecule has 0 saturated heterocycles. The van der Waals surface area contributed by atoms with Crippen molar-refractivity contribution in [2.24, 2.45) is 0 Å². The first kappa shape index (κ1) is 11.5. The molecule has 0 bridgehead atoms. The molecule has 0 spiro atoms. The first-order valence-electron chi connectivity index (χ1n) is 5.40. The van der Waals surface area contributed by atoms with Gasteiger partial charge in [0.25, 0.3) is 0 Å². The molecule has 18 heavy (non-hydrogen) atoms. The molecule has 0 atom stereocenters. The van der Waals surface area contributed by atoms with E-state index in [1.54, 1.807) is 16.8 Å². The molecule has 90 valence electrons. The lowest BCUT2D eigenvalue weighted by atomic mass is 10.1. The fourth-order valence-corrected chi connectivity index (χ4v) is 2.19. The second kappa shape index (κ2) is 4.26. The SMILES string of the molecule is Cc1ccc(Cl)c(-c2cn3cc(Cl)cnc3n2)c1. The first-order valence-corrected chi connectivity index (χ1v) is 6.16. The Balaban J connectivity index is 2.22. The molecule has 3 aromatic rings. The second-order valence-electron chi connectivity index (χ2n) is 4.09. The second-order valence-corrected chi connectivity index (χ2v) is 4.93. The van der Waals surface area contributed by atoms with Crippen LogP contribution in [0.25, 0.3) is 17.0 Å². The van der Waals surface area contributed by atoms with Crippen LogP contribution in [0.2, 0.25) is 10.0 Å². The van der Waals surface area contributed by atoms with Crippen LogP contribution in [0.4, 0.5) is 0 Å². The number of nitrogens with zero attached hydrogens (tertiary/aromatic N) is 3. The summed E-state index contributed by atoms with van der Waals surface area (Å²) in [5.74, 6) is 0.604. The molecule has 0 aliphatic rings. The highest BCUT2D eigenvalue weighted by molar-refractivity contribution is 6.33. The van der Waals surface area contributed by atoms with Crippen molar-refractivity contribution in [3.63, 3.8) is 0 Å². The van der Waals surface area contributed by atoms with Crippen LogP contribution in [0.5, 0.6) is 0 Å². The van der Waals surface area contributed by atoms with Gasteiger partial charge in [-0.05, 0) is 19.1 Å². The van der Waals surface area contributed by atoms with Gasteiger partial charge in [0.2, 0.25) is 5.78 Å². The minimum atomic E-state index is 0.571. The van der Waals surface area contributed by atoms with Crippen molar-refractivity contribution in [1.82, 2.24) is 14.4 Å². The minimum absolute atomic E-state index is 0.571. The van der Waals surface area contributed by atoms with Crippen molar-refractivity contribution in [3.05, 3.63) is 52.4 Å². The summed E-state index contributed by atoms with van der Waals surface area (Å²) in [5.41, 5.74) is 2.83. The zero-order valence-electron chi connectivity index (χ0n) is 9.56. The van der Waals surface area contributed by atoms with Crippen LogP contribution in [0.15, 0.2) is 36.8 Å². The lowest BCUT2D eigenvalue weighted by Gasteiger charge is -2.01. The number of rotatable bonds is 1. The highest BCUT2D eigenvalue weighted by Crippen LogP contribution is 2.28. The molecule has 2 aromatic heterocycles. The number of aromatic nitrogens is 3. The molecule has 1 aromatic carbocycles. The van der Waals surface area contributed by atoms with E-state index in [4.69, 9.17) is 23.2 Å². The minimum Gasteiger partial charge on any atom is -0.289 e. The molecule has 0 unspecified atom stereocenters. The van der Waals surface area contributed by atoms with Gasteiger partial charge in [-0.1, -0.05) is 34.8 Å². The Hall–Kier alpha value is -1.58. The van der Waals surface area contributed by atoms with Crippen LogP contribution in [0.3, 0.4) is 0 Å². The third-order valence-corrected chi connectivity index (χ3v) is 3.20. The van der Waals surface area contributed by atoms with E-state index in [9.17, 15) is 0 Å². The largest absolute Gasteiger partial charge is 0.289 e. The Labute approximate surface area is 114 Å². The summed E-state index contributed by atoms with van der Waals surface area (Å²) in [6.07, 6.45) is 5.21. The molecule has 2 heterocycles. The molecule has 3 rings (SSSR count). The predicted molar refractivity (Wildman–Crippen MR) is 73.2 cm³/mol. The van der Waals surface area contributed by atoms with Crippen molar-refractivity contribution < 1.29 is 0 Å². The molecule has 0 radical (unpaired) electrons. The van der Waals surface area contributed by atoms with Crippen molar-refractivity contribution in [2.75, 3.05) is 0 Å². The van der Waals surface area contributed by atoms with Crippen LogP contribution in [0.1, 0.15) is 5.56 Å². The summed E-state index contributed by atoms with van der Waals surface area (Å²) in [6.45, 7) is 2.02. The number of halogens is 2. The molecular formula is C13H9Cl2N3. The van der Waals surface area contributed by atoms with E-state index in [0.717, 1.165) is 16.8 Å². The number of benzene rings is 1. The molecule has 3 nitrogen and oxygen atoms in total. The van der Waals surface area contributed by atoms with Crippen molar-refractivity contribution in [1.29, 1.82) is 0 Å². The number of hydrogen-bond acceptors (Lipinski definition) is 2. The molecule has 0 saturated carbocycles. The average molecular weight is 278 g/mol. The van der Waals surface area contributed by atoms with E-state index in [2.05, 4.69) is 9.97 Å². The standard InChI is InChI=1S/C13H9Cl2N3/c1-8-2-3-11(15)10(4-8)12-7-18-6-9(14)5-16-13(18)17-12/h2-7H,1H3. The quantitative estimate of drug-likeness (QED) is 0.673. The van der Waals surface area contributed by atoms with Gasteiger partial charge in [-0.2, -0.15) is 0 Å². The third-order valence-electron chi connectivity index (χ3n) is 2.68. The van der Waals surface area contributed by atoms with E-state index in [1.165, 1.54) is 0 Å². The lowest BCUT2D eigenvalue weighted by molar-refractivity contribution is 1.11. The fourth-order valence-electron chi connectivity index (χ4n) is 1.83. The normalized spacial score (nSPS) is 11.1. The predicted octanol–water partition coefficient (Wildman–Crippen LogP) is 4.01. The summed E-state index contributed by atoms with van der Waals surface area (Å²) >= 11 is 12.1. The van der Waals surface area contributed by atoms with Gasteiger partial charge in [-0.15, -0.1) is 0 Å². The van der Waals surface area contributed by atoms with Gasteiger partial charge in [0, 0.05) is 18.0 Å². The van der Waals surface area contributed by atoms with E-state index in [1.807, 2.05) is 31.3 Å². The Morgan fingerprint density at radius 2 is 2.00 bits per heavy atom. The average Bonchev–Trinajstić information content (AvgIpc) is 2.74. The zero-order chi connectivity index (χ0) is 12.7. The molecule has 0 N–H and O–H groups in total.